The Morgan fingerprint density at radius 3 is 2.44 bits per heavy atom. The molecule has 0 aliphatic rings. The highest BCUT2D eigenvalue weighted by Gasteiger charge is 2.35. The summed E-state index contributed by atoms with van der Waals surface area (Å²) in [4.78, 5) is 29.3. The standard InChI is InChI=1S/C18H18F6N8O2/c1-8-5-11(30-16(28-8)32-15(26)31-14(25)18(22,23)24)13(33)29-9(2)10-3-4-12(27-6-10)34-7-17(19,20)21/h3-6,9H,7H2,1-2H3,(H,29,33)(H4,25,26,28,30,31,32)/p+1. The van der Waals surface area contributed by atoms with E-state index in [2.05, 4.69) is 35.0 Å². The van der Waals surface area contributed by atoms with Crippen LogP contribution in [0.3, 0.4) is 0 Å². The van der Waals surface area contributed by atoms with E-state index in [0.717, 1.165) is 0 Å². The van der Waals surface area contributed by atoms with Gasteiger partial charge in [0.2, 0.25) is 5.88 Å². The number of nitrogens with zero attached hydrogens (tertiary/aromatic N) is 4. The van der Waals surface area contributed by atoms with E-state index in [1.807, 2.05) is 0 Å². The van der Waals surface area contributed by atoms with Crippen molar-refractivity contribution in [1.82, 2.24) is 20.3 Å². The minimum Gasteiger partial charge on any atom is -0.468 e. The number of amidine groups is 1. The van der Waals surface area contributed by atoms with E-state index in [1.165, 1.54) is 31.3 Å². The molecule has 10 nitrogen and oxygen atoms in total. The molecule has 6 N–H and O–H groups in total. The fraction of sp³-hybridized carbons (Fsp3) is 0.333. The van der Waals surface area contributed by atoms with E-state index in [0.29, 0.717) is 5.56 Å². The molecule has 0 saturated carbocycles. The van der Waals surface area contributed by atoms with Crippen LogP contribution in [0.25, 0.3) is 0 Å². The first-order chi connectivity index (χ1) is 15.6. The maximum absolute atomic E-state index is 12.6. The molecule has 1 amide bonds. The van der Waals surface area contributed by atoms with Gasteiger partial charge in [0.15, 0.2) is 12.3 Å². The summed E-state index contributed by atoms with van der Waals surface area (Å²) in [7, 11) is 0. The summed E-state index contributed by atoms with van der Waals surface area (Å²) >= 11 is 0. The topological polar surface area (TPSA) is 155 Å². The molecule has 0 aliphatic heterocycles. The summed E-state index contributed by atoms with van der Waals surface area (Å²) in [6.45, 7) is 1.59. The number of aryl methyl sites for hydroxylation is 1. The van der Waals surface area contributed by atoms with Gasteiger partial charge in [0.05, 0.1) is 11.7 Å². The molecule has 2 aromatic rings. The second-order valence-electron chi connectivity index (χ2n) is 6.75. The van der Waals surface area contributed by atoms with Crippen LogP contribution in [-0.2, 0) is 0 Å². The SMILES string of the molecule is Cc1cc(C(=O)NC(C)c2ccc(OCC(F)(F)F)nc2)nc([NH+]=C(N)N=C(N)C(F)(F)F)n1. The summed E-state index contributed by atoms with van der Waals surface area (Å²) in [5.41, 5.74) is 10.7. The third kappa shape index (κ3) is 8.18. The van der Waals surface area contributed by atoms with Gasteiger partial charge >= 0.3 is 24.3 Å². The number of carbonyl (C=O) groups excluding carboxylic acids is 1. The van der Waals surface area contributed by atoms with E-state index in [-0.39, 0.29) is 23.2 Å². The highest BCUT2D eigenvalue weighted by molar-refractivity contribution is 5.95. The van der Waals surface area contributed by atoms with E-state index in [9.17, 15) is 31.1 Å². The molecule has 1 unspecified atom stereocenters. The van der Waals surface area contributed by atoms with Crippen LogP contribution in [-0.4, -0.2) is 51.6 Å². The first kappa shape index (κ1) is 26.3. The number of aliphatic imine (C=N–C) groups is 1. The molecular weight excluding hydrogens is 474 g/mol. The van der Waals surface area contributed by atoms with Gasteiger partial charge < -0.3 is 21.5 Å². The van der Waals surface area contributed by atoms with Gasteiger partial charge in [0, 0.05) is 18.3 Å². The molecule has 0 spiro atoms. The van der Waals surface area contributed by atoms with E-state index in [1.54, 1.807) is 6.92 Å². The Kier molecular flexibility index (Phi) is 7.96. The monoisotopic (exact) mass is 493 g/mol. The van der Waals surface area contributed by atoms with Gasteiger partial charge in [0.1, 0.15) is 0 Å². The van der Waals surface area contributed by atoms with Gasteiger partial charge in [-0.3, -0.25) is 4.79 Å². The number of nitrogens with one attached hydrogen (secondary N) is 2. The molecular formula is C18H19F6N8O2+. The minimum atomic E-state index is -4.89. The average molecular weight is 493 g/mol. The normalized spacial score (nSPS) is 14.0. The predicted molar refractivity (Wildman–Crippen MR) is 106 cm³/mol. The molecule has 34 heavy (non-hydrogen) atoms. The largest absolute Gasteiger partial charge is 0.468 e. The van der Waals surface area contributed by atoms with Crippen LogP contribution in [0, 0.1) is 6.92 Å². The molecule has 0 bridgehead atoms. The van der Waals surface area contributed by atoms with Crippen LogP contribution in [0.4, 0.5) is 32.3 Å². The van der Waals surface area contributed by atoms with Crippen LogP contribution in [0.2, 0.25) is 0 Å². The summed E-state index contributed by atoms with van der Waals surface area (Å²) in [5, 5.41) is 2.60. The first-order valence-electron chi connectivity index (χ1n) is 9.27. The fourth-order valence-electron chi connectivity index (χ4n) is 2.32. The Labute approximate surface area is 188 Å². The lowest BCUT2D eigenvalue weighted by atomic mass is 10.1. The number of carbonyl (C=O) groups is 1. The summed E-state index contributed by atoms with van der Waals surface area (Å²) < 4.78 is 78.5. The summed E-state index contributed by atoms with van der Waals surface area (Å²) in [5.74, 6) is -3.68. The number of aromatic nitrogens is 3. The van der Waals surface area contributed by atoms with E-state index in [4.69, 9.17) is 11.5 Å². The highest BCUT2D eigenvalue weighted by atomic mass is 19.4. The van der Waals surface area contributed by atoms with Crippen LogP contribution >= 0.6 is 0 Å². The Morgan fingerprint density at radius 2 is 1.88 bits per heavy atom. The highest BCUT2D eigenvalue weighted by Crippen LogP contribution is 2.19. The smallest absolute Gasteiger partial charge is 0.459 e. The molecule has 0 aromatic carbocycles. The number of rotatable bonds is 6. The Hall–Kier alpha value is -3.98. The number of amides is 1. The van der Waals surface area contributed by atoms with Crippen LogP contribution in [0.5, 0.6) is 5.88 Å². The van der Waals surface area contributed by atoms with Crippen LogP contribution in [0.1, 0.15) is 34.7 Å². The molecule has 0 radical (unpaired) electrons. The van der Waals surface area contributed by atoms with Crippen molar-refractivity contribution in [2.45, 2.75) is 32.2 Å². The van der Waals surface area contributed by atoms with Crippen molar-refractivity contribution >= 4 is 23.7 Å². The van der Waals surface area contributed by atoms with E-state index < -0.39 is 42.7 Å². The van der Waals surface area contributed by atoms with Gasteiger partial charge in [-0.1, -0.05) is 6.07 Å². The molecule has 0 aliphatic carbocycles. The molecule has 1 atom stereocenters. The molecule has 2 rings (SSSR count). The zero-order valence-corrected chi connectivity index (χ0v) is 17.6. The van der Waals surface area contributed by atoms with Crippen molar-refractivity contribution in [2.24, 2.45) is 16.5 Å². The second kappa shape index (κ2) is 10.3. The van der Waals surface area contributed by atoms with Gasteiger partial charge in [-0.2, -0.15) is 26.3 Å². The van der Waals surface area contributed by atoms with Crippen molar-refractivity contribution in [3.05, 3.63) is 41.3 Å². The van der Waals surface area contributed by atoms with Crippen LogP contribution in [0.15, 0.2) is 29.4 Å². The third-order valence-electron chi connectivity index (χ3n) is 3.85. The van der Waals surface area contributed by atoms with Crippen molar-refractivity contribution in [1.29, 1.82) is 0 Å². The Balaban J connectivity index is 2.13. The number of pyridine rings is 1. The predicted octanol–water partition coefficient (Wildman–Crippen LogP) is 0.558. The molecule has 2 aromatic heterocycles. The van der Waals surface area contributed by atoms with Crippen molar-refractivity contribution < 1.29 is 40.9 Å². The zero-order valence-electron chi connectivity index (χ0n) is 17.6. The van der Waals surface area contributed by atoms with Gasteiger partial charge in [-0.25, -0.2) is 9.98 Å². The fourth-order valence-corrected chi connectivity index (χ4v) is 2.32. The lowest BCUT2D eigenvalue weighted by Gasteiger charge is -2.14. The Morgan fingerprint density at radius 1 is 1.21 bits per heavy atom. The number of guanidine groups is 1. The maximum Gasteiger partial charge on any atom is 0.459 e. The summed E-state index contributed by atoms with van der Waals surface area (Å²) in [6, 6.07) is 3.30. The lowest BCUT2D eigenvalue weighted by Crippen LogP contribution is -2.70. The second-order valence-corrected chi connectivity index (χ2v) is 6.75. The zero-order chi connectivity index (χ0) is 25.7. The number of halogens is 6. The molecule has 2 heterocycles. The number of ether oxygens (including phenoxy) is 1. The number of alkyl halides is 6. The third-order valence-corrected chi connectivity index (χ3v) is 3.85. The number of hydrogen-bond donors (Lipinski definition) is 4. The van der Waals surface area contributed by atoms with Crippen LogP contribution < -0.4 is 26.5 Å². The van der Waals surface area contributed by atoms with Crippen molar-refractivity contribution in [3.8, 4) is 5.88 Å². The summed E-state index contributed by atoms with van der Waals surface area (Å²) in [6.07, 6.45) is -8.17. The first-order valence-corrected chi connectivity index (χ1v) is 9.27. The lowest BCUT2D eigenvalue weighted by molar-refractivity contribution is -0.366. The van der Waals surface area contributed by atoms with Gasteiger partial charge in [-0.15, -0.1) is 15.0 Å². The molecule has 0 fully saturated rings. The molecule has 184 valence electrons. The minimum absolute atomic E-state index is 0.152. The van der Waals surface area contributed by atoms with Gasteiger partial charge in [-0.05, 0) is 19.4 Å². The average Bonchev–Trinajstić information content (AvgIpc) is 2.70. The number of hydrogen-bond acceptors (Lipinski definition) is 5. The number of nitrogens with two attached hydrogens (primary N) is 2. The van der Waals surface area contributed by atoms with Crippen molar-refractivity contribution in [3.63, 3.8) is 0 Å². The maximum atomic E-state index is 12.6. The van der Waals surface area contributed by atoms with Crippen molar-refractivity contribution in [2.75, 3.05) is 6.61 Å². The quantitative estimate of drug-likeness (QED) is 0.260. The van der Waals surface area contributed by atoms with E-state index >= 15 is 0 Å². The Bertz CT molecular complexity index is 1080. The molecule has 0 saturated heterocycles. The molecule has 16 heteroatoms. The van der Waals surface area contributed by atoms with Gasteiger partial charge in [0.25, 0.3) is 11.7 Å².